The highest BCUT2D eigenvalue weighted by Gasteiger charge is 2.30. The maximum Gasteiger partial charge on any atom is 0.422 e. The van der Waals surface area contributed by atoms with E-state index in [0.29, 0.717) is 30.0 Å². The first kappa shape index (κ1) is 15.5. The van der Waals surface area contributed by atoms with Crippen LogP contribution in [0.15, 0.2) is 12.1 Å². The van der Waals surface area contributed by atoms with Crippen LogP contribution >= 0.6 is 0 Å². The second-order valence-corrected chi connectivity index (χ2v) is 4.91. The van der Waals surface area contributed by atoms with Gasteiger partial charge in [-0.05, 0) is 18.6 Å². The molecule has 0 N–H and O–H groups in total. The normalized spacial score (nSPS) is 15.5. The third-order valence-corrected chi connectivity index (χ3v) is 3.21. The van der Waals surface area contributed by atoms with Crippen LogP contribution in [0.5, 0.6) is 11.5 Å². The summed E-state index contributed by atoms with van der Waals surface area (Å²) in [6, 6.07) is 3.12. The second kappa shape index (κ2) is 5.83. The summed E-state index contributed by atoms with van der Waals surface area (Å²) in [6.45, 7) is 1.04. The number of hydrogen-bond acceptors (Lipinski definition) is 4. The van der Waals surface area contributed by atoms with Crippen LogP contribution < -0.4 is 14.4 Å². The van der Waals surface area contributed by atoms with Crippen LogP contribution in [-0.2, 0) is 4.79 Å². The van der Waals surface area contributed by atoms with Gasteiger partial charge in [0, 0.05) is 19.0 Å². The number of alkyl halides is 3. The number of anilines is 1. The lowest BCUT2D eigenvalue weighted by Gasteiger charge is -2.24. The minimum atomic E-state index is -4.42. The molecule has 1 heterocycles. The molecule has 116 valence electrons. The average Bonchev–Trinajstić information content (AvgIpc) is 2.81. The Morgan fingerprint density at radius 2 is 2.05 bits per heavy atom. The molecule has 0 aliphatic carbocycles. The molecule has 0 unspecified atom stereocenters. The predicted octanol–water partition coefficient (Wildman–Crippen LogP) is 2.72. The smallest absolute Gasteiger partial charge is 0.422 e. The molecule has 1 fully saturated rings. The monoisotopic (exact) mass is 303 g/mol. The van der Waals surface area contributed by atoms with Crippen molar-refractivity contribution in [2.75, 3.05) is 31.7 Å². The number of halogens is 3. The zero-order valence-corrected chi connectivity index (χ0v) is 11.8. The van der Waals surface area contributed by atoms with E-state index < -0.39 is 12.8 Å². The van der Waals surface area contributed by atoms with Crippen LogP contribution in [0.4, 0.5) is 18.9 Å². The molecule has 0 spiro atoms. The lowest BCUT2D eigenvalue weighted by Crippen LogP contribution is -2.24. The largest absolute Gasteiger partial charge is 0.497 e. The Hall–Kier alpha value is -1.92. The topological polar surface area (TPSA) is 38.8 Å². The number of carbonyl (C=O) groups is 1. The van der Waals surface area contributed by atoms with E-state index in [0.717, 1.165) is 0 Å². The number of rotatable bonds is 4. The predicted molar refractivity (Wildman–Crippen MR) is 71.1 cm³/mol. The molecule has 0 amide bonds. The van der Waals surface area contributed by atoms with Gasteiger partial charge in [0.1, 0.15) is 11.5 Å². The number of nitrogens with zero attached hydrogens (tertiary/aromatic N) is 1. The Kier molecular flexibility index (Phi) is 4.29. The minimum Gasteiger partial charge on any atom is -0.497 e. The van der Waals surface area contributed by atoms with Crippen molar-refractivity contribution >= 4 is 11.5 Å². The van der Waals surface area contributed by atoms with Crippen molar-refractivity contribution in [2.45, 2.75) is 19.5 Å². The van der Waals surface area contributed by atoms with Crippen LogP contribution in [0, 0.1) is 6.92 Å². The summed E-state index contributed by atoms with van der Waals surface area (Å²) in [5, 5.41) is 0. The van der Waals surface area contributed by atoms with Gasteiger partial charge in [-0.1, -0.05) is 0 Å². The van der Waals surface area contributed by atoms with E-state index in [1.807, 2.05) is 0 Å². The molecule has 0 aromatic heterocycles. The molecule has 1 aliphatic heterocycles. The number of ether oxygens (including phenoxy) is 2. The number of carbonyl (C=O) groups excluding carboxylic acids is 1. The highest BCUT2D eigenvalue weighted by molar-refractivity contribution is 5.88. The Labute approximate surface area is 120 Å². The van der Waals surface area contributed by atoms with Crippen molar-refractivity contribution in [1.82, 2.24) is 0 Å². The molecule has 0 radical (unpaired) electrons. The number of hydrogen-bond donors (Lipinski definition) is 0. The van der Waals surface area contributed by atoms with E-state index in [-0.39, 0.29) is 18.1 Å². The third kappa shape index (κ3) is 3.80. The molecule has 1 aromatic rings. The molecular weight excluding hydrogens is 287 g/mol. The quantitative estimate of drug-likeness (QED) is 0.857. The molecule has 0 atom stereocenters. The summed E-state index contributed by atoms with van der Waals surface area (Å²) >= 11 is 0. The molecule has 1 saturated heterocycles. The molecule has 4 nitrogen and oxygen atoms in total. The first-order chi connectivity index (χ1) is 9.80. The van der Waals surface area contributed by atoms with Crippen molar-refractivity contribution in [3.8, 4) is 11.5 Å². The molecule has 0 saturated carbocycles. The second-order valence-electron chi connectivity index (χ2n) is 4.91. The van der Waals surface area contributed by atoms with Gasteiger partial charge >= 0.3 is 6.18 Å². The van der Waals surface area contributed by atoms with E-state index in [2.05, 4.69) is 0 Å². The van der Waals surface area contributed by atoms with Gasteiger partial charge in [-0.2, -0.15) is 13.2 Å². The van der Waals surface area contributed by atoms with Crippen LogP contribution in [-0.4, -0.2) is 38.8 Å². The molecular formula is C14H16F3NO3. The van der Waals surface area contributed by atoms with Crippen LogP contribution in [0.2, 0.25) is 0 Å². The van der Waals surface area contributed by atoms with Gasteiger partial charge in [0.15, 0.2) is 12.4 Å². The summed E-state index contributed by atoms with van der Waals surface area (Å²) in [4.78, 5) is 13.1. The molecule has 21 heavy (non-hydrogen) atoms. The summed E-state index contributed by atoms with van der Waals surface area (Å²) in [5.41, 5.74) is 1.23. The van der Waals surface area contributed by atoms with Crippen molar-refractivity contribution in [1.29, 1.82) is 0 Å². The van der Waals surface area contributed by atoms with E-state index in [9.17, 15) is 18.0 Å². The SMILES string of the molecule is COc1cc(C)c(N2CCC(=O)C2)c(OCC(F)(F)F)c1. The van der Waals surface area contributed by atoms with Crippen LogP contribution in [0.3, 0.4) is 0 Å². The van der Waals surface area contributed by atoms with Gasteiger partial charge < -0.3 is 14.4 Å². The van der Waals surface area contributed by atoms with Gasteiger partial charge in [-0.25, -0.2) is 0 Å². The van der Waals surface area contributed by atoms with Crippen molar-refractivity contribution in [3.05, 3.63) is 17.7 Å². The lowest BCUT2D eigenvalue weighted by molar-refractivity contribution is -0.153. The van der Waals surface area contributed by atoms with Crippen LogP contribution in [0.1, 0.15) is 12.0 Å². The Bertz CT molecular complexity index is 543. The number of Topliss-reactive ketones (excluding diaryl/α,β-unsaturated/α-hetero) is 1. The Morgan fingerprint density at radius 3 is 2.57 bits per heavy atom. The maximum absolute atomic E-state index is 12.4. The molecule has 2 rings (SSSR count). The minimum absolute atomic E-state index is 0.0620. The zero-order chi connectivity index (χ0) is 15.6. The molecule has 1 aliphatic rings. The van der Waals surface area contributed by atoms with E-state index >= 15 is 0 Å². The van der Waals surface area contributed by atoms with Gasteiger partial charge in [0.2, 0.25) is 0 Å². The average molecular weight is 303 g/mol. The standard InChI is InChI=1S/C14H16F3NO3/c1-9-5-11(20-2)6-12(21-8-14(15,16)17)13(9)18-4-3-10(19)7-18/h5-6H,3-4,7-8H2,1-2H3. The third-order valence-electron chi connectivity index (χ3n) is 3.21. The van der Waals surface area contributed by atoms with E-state index in [1.165, 1.54) is 13.2 Å². The fraction of sp³-hybridized carbons (Fsp3) is 0.500. The highest BCUT2D eigenvalue weighted by atomic mass is 19.4. The number of methoxy groups -OCH3 is 1. The van der Waals surface area contributed by atoms with E-state index in [1.54, 1.807) is 17.9 Å². The van der Waals surface area contributed by atoms with Crippen LogP contribution in [0.25, 0.3) is 0 Å². The molecule has 0 bridgehead atoms. The summed E-state index contributed by atoms with van der Waals surface area (Å²) in [7, 11) is 1.43. The highest BCUT2D eigenvalue weighted by Crippen LogP contribution is 2.38. The summed E-state index contributed by atoms with van der Waals surface area (Å²) < 4.78 is 47.1. The number of benzene rings is 1. The first-order valence-electron chi connectivity index (χ1n) is 6.45. The van der Waals surface area contributed by atoms with Crippen molar-refractivity contribution in [2.24, 2.45) is 0 Å². The van der Waals surface area contributed by atoms with Gasteiger partial charge in [-0.15, -0.1) is 0 Å². The number of ketones is 1. The molecule has 1 aromatic carbocycles. The van der Waals surface area contributed by atoms with Gasteiger partial charge in [0.05, 0.1) is 19.3 Å². The maximum atomic E-state index is 12.4. The fourth-order valence-electron chi connectivity index (χ4n) is 2.33. The molecule has 7 heteroatoms. The van der Waals surface area contributed by atoms with Gasteiger partial charge in [-0.3, -0.25) is 4.79 Å². The lowest BCUT2D eigenvalue weighted by atomic mass is 10.1. The van der Waals surface area contributed by atoms with Crippen molar-refractivity contribution < 1.29 is 27.4 Å². The van der Waals surface area contributed by atoms with Gasteiger partial charge in [0.25, 0.3) is 0 Å². The zero-order valence-electron chi connectivity index (χ0n) is 11.8. The van der Waals surface area contributed by atoms with E-state index in [4.69, 9.17) is 9.47 Å². The first-order valence-corrected chi connectivity index (χ1v) is 6.45. The fourth-order valence-corrected chi connectivity index (χ4v) is 2.33. The number of aryl methyl sites for hydroxylation is 1. The Balaban J connectivity index is 2.34. The summed E-state index contributed by atoms with van der Waals surface area (Å²) in [6.07, 6.45) is -4.03. The summed E-state index contributed by atoms with van der Waals surface area (Å²) in [5.74, 6) is 0.560. The Morgan fingerprint density at radius 1 is 1.33 bits per heavy atom. The van der Waals surface area contributed by atoms with Crippen molar-refractivity contribution in [3.63, 3.8) is 0 Å².